The fourth-order valence-corrected chi connectivity index (χ4v) is 4.91. The van der Waals surface area contributed by atoms with Crippen LogP contribution in [0.2, 0.25) is 5.02 Å². The van der Waals surface area contributed by atoms with Crippen molar-refractivity contribution in [2.45, 2.75) is 24.9 Å². The lowest BCUT2D eigenvalue weighted by Crippen LogP contribution is -2.28. The summed E-state index contributed by atoms with van der Waals surface area (Å²) in [5.41, 5.74) is 3.71. The molecule has 1 N–H and O–H groups in total. The van der Waals surface area contributed by atoms with Crippen molar-refractivity contribution in [3.8, 4) is 0 Å². The molecule has 0 bridgehead atoms. The zero-order chi connectivity index (χ0) is 21.8. The van der Waals surface area contributed by atoms with E-state index in [-0.39, 0.29) is 23.2 Å². The van der Waals surface area contributed by atoms with Crippen LogP contribution < -0.4 is 5.32 Å². The molecule has 1 fully saturated rings. The number of halogens is 1. The Morgan fingerprint density at radius 3 is 2.42 bits per heavy atom. The van der Waals surface area contributed by atoms with Crippen LogP contribution >= 0.6 is 23.4 Å². The Morgan fingerprint density at radius 1 is 1.06 bits per heavy atom. The highest BCUT2D eigenvalue weighted by atomic mass is 35.5. The molecule has 0 radical (unpaired) electrons. The molecule has 1 aliphatic rings. The summed E-state index contributed by atoms with van der Waals surface area (Å²) in [6, 6.07) is 24.9. The fourth-order valence-electron chi connectivity index (χ4n) is 3.59. The molecular weight excluding hydrogens is 428 g/mol. The zero-order valence-electron chi connectivity index (χ0n) is 17.1. The Kier molecular flexibility index (Phi) is 6.64. The minimum Gasteiger partial charge on any atom is -0.346 e. The molecule has 4 nitrogen and oxygen atoms in total. The number of benzene rings is 3. The second kappa shape index (κ2) is 9.58. The molecule has 31 heavy (non-hydrogen) atoms. The number of nitrogens with one attached hydrogen (secondary N) is 1. The van der Waals surface area contributed by atoms with Gasteiger partial charge in [0.1, 0.15) is 5.37 Å². The molecule has 0 spiro atoms. The van der Waals surface area contributed by atoms with Crippen LogP contribution in [0.4, 0.5) is 0 Å². The van der Waals surface area contributed by atoms with Crippen molar-refractivity contribution in [3.63, 3.8) is 0 Å². The van der Waals surface area contributed by atoms with Gasteiger partial charge in [0.15, 0.2) is 0 Å². The van der Waals surface area contributed by atoms with Crippen molar-refractivity contribution in [2.24, 2.45) is 0 Å². The number of amides is 2. The molecule has 158 valence electrons. The van der Waals surface area contributed by atoms with Gasteiger partial charge in [0.05, 0.1) is 11.8 Å². The smallest absolute Gasteiger partial charge is 0.251 e. The highest BCUT2D eigenvalue weighted by Gasteiger charge is 2.32. The van der Waals surface area contributed by atoms with Gasteiger partial charge in [-0.2, -0.15) is 0 Å². The van der Waals surface area contributed by atoms with Crippen LogP contribution in [0, 0.1) is 0 Å². The molecule has 6 heteroatoms. The van der Waals surface area contributed by atoms with Crippen LogP contribution in [0.3, 0.4) is 0 Å². The van der Waals surface area contributed by atoms with E-state index in [0.717, 1.165) is 16.7 Å². The number of hydrogen-bond acceptors (Lipinski definition) is 3. The molecule has 4 rings (SSSR count). The molecule has 3 aromatic carbocycles. The number of carbonyl (C=O) groups is 2. The predicted octanol–water partition coefficient (Wildman–Crippen LogP) is 5.61. The van der Waals surface area contributed by atoms with Gasteiger partial charge in [-0.25, -0.2) is 0 Å². The standard InChI is InChI=1S/C25H23ClN2O2S/c1-17(19-5-3-2-4-6-19)27-24(30)20-9-11-21(12-10-20)25-28(23(29)16-31-25)15-18-7-13-22(26)14-8-18/h2-14,17,25H,15-16H2,1H3,(H,27,30)/t17-,25+/m0/s1. The number of hydrogen-bond donors (Lipinski definition) is 1. The number of carbonyl (C=O) groups excluding carboxylic acids is 2. The Morgan fingerprint density at radius 2 is 1.74 bits per heavy atom. The Hall–Kier alpha value is -2.76. The normalized spacial score (nSPS) is 16.9. The van der Waals surface area contributed by atoms with Crippen molar-refractivity contribution >= 4 is 35.2 Å². The molecule has 1 heterocycles. The largest absolute Gasteiger partial charge is 0.346 e. The average Bonchev–Trinajstić information content (AvgIpc) is 3.16. The quantitative estimate of drug-likeness (QED) is 0.531. The van der Waals surface area contributed by atoms with E-state index in [1.54, 1.807) is 11.8 Å². The summed E-state index contributed by atoms with van der Waals surface area (Å²) in [4.78, 5) is 27.0. The molecule has 3 aromatic rings. The number of rotatable bonds is 6. The monoisotopic (exact) mass is 450 g/mol. The molecule has 2 atom stereocenters. The summed E-state index contributed by atoms with van der Waals surface area (Å²) in [5.74, 6) is 0.453. The van der Waals surface area contributed by atoms with Gasteiger partial charge in [0.25, 0.3) is 5.91 Å². The molecule has 0 aromatic heterocycles. The summed E-state index contributed by atoms with van der Waals surface area (Å²) < 4.78 is 0. The summed E-state index contributed by atoms with van der Waals surface area (Å²) in [6.45, 7) is 2.50. The lowest BCUT2D eigenvalue weighted by Gasteiger charge is -2.24. The lowest BCUT2D eigenvalue weighted by atomic mass is 10.1. The van der Waals surface area contributed by atoms with Gasteiger partial charge >= 0.3 is 0 Å². The molecule has 1 saturated heterocycles. The van der Waals surface area contributed by atoms with Crippen LogP contribution in [0.5, 0.6) is 0 Å². The lowest BCUT2D eigenvalue weighted by molar-refractivity contribution is -0.128. The zero-order valence-corrected chi connectivity index (χ0v) is 18.7. The first-order valence-corrected chi connectivity index (χ1v) is 11.6. The fraction of sp³-hybridized carbons (Fsp3) is 0.200. The third-order valence-electron chi connectivity index (χ3n) is 5.34. The average molecular weight is 451 g/mol. The van der Waals surface area contributed by atoms with E-state index in [2.05, 4.69) is 5.32 Å². The first-order valence-electron chi connectivity index (χ1n) is 10.1. The maximum Gasteiger partial charge on any atom is 0.251 e. The summed E-state index contributed by atoms with van der Waals surface area (Å²) in [5, 5.41) is 3.65. The van der Waals surface area contributed by atoms with Crippen LogP contribution in [-0.4, -0.2) is 22.5 Å². The highest BCUT2D eigenvalue weighted by Crippen LogP contribution is 2.39. The van der Waals surface area contributed by atoms with Crippen molar-refractivity contribution in [1.82, 2.24) is 10.2 Å². The minimum atomic E-state index is -0.115. The van der Waals surface area contributed by atoms with Gasteiger partial charge in [-0.15, -0.1) is 11.8 Å². The predicted molar refractivity (Wildman–Crippen MR) is 126 cm³/mol. The van der Waals surface area contributed by atoms with Gasteiger partial charge in [0.2, 0.25) is 5.91 Å². The molecule has 0 unspecified atom stereocenters. The summed E-state index contributed by atoms with van der Waals surface area (Å²) in [7, 11) is 0. The first-order chi connectivity index (χ1) is 15.0. The topological polar surface area (TPSA) is 49.4 Å². The van der Waals surface area contributed by atoms with Gasteiger partial charge in [0, 0.05) is 17.1 Å². The minimum absolute atomic E-state index is 0.0662. The maximum absolute atomic E-state index is 12.7. The molecule has 2 amide bonds. The molecule has 1 aliphatic heterocycles. The van der Waals surface area contributed by atoms with Gasteiger partial charge in [-0.05, 0) is 47.9 Å². The highest BCUT2D eigenvalue weighted by molar-refractivity contribution is 8.00. The van der Waals surface area contributed by atoms with Crippen molar-refractivity contribution in [1.29, 1.82) is 0 Å². The van der Waals surface area contributed by atoms with Crippen LogP contribution in [0.15, 0.2) is 78.9 Å². The van der Waals surface area contributed by atoms with Crippen LogP contribution in [-0.2, 0) is 11.3 Å². The molecule has 0 aliphatic carbocycles. The van der Waals surface area contributed by atoms with E-state index in [0.29, 0.717) is 22.9 Å². The van der Waals surface area contributed by atoms with E-state index in [9.17, 15) is 9.59 Å². The van der Waals surface area contributed by atoms with Crippen LogP contribution in [0.25, 0.3) is 0 Å². The molecular formula is C25H23ClN2O2S. The van der Waals surface area contributed by atoms with Crippen molar-refractivity contribution in [3.05, 3.63) is 106 Å². The maximum atomic E-state index is 12.7. The van der Waals surface area contributed by atoms with Gasteiger partial charge < -0.3 is 10.2 Å². The van der Waals surface area contributed by atoms with E-state index >= 15 is 0 Å². The van der Waals surface area contributed by atoms with E-state index < -0.39 is 0 Å². The Bertz CT molecular complexity index is 1060. The third kappa shape index (κ3) is 5.12. The van der Waals surface area contributed by atoms with Crippen LogP contribution in [0.1, 0.15) is 45.4 Å². The van der Waals surface area contributed by atoms with Gasteiger partial charge in [-0.3, -0.25) is 9.59 Å². The molecule has 0 saturated carbocycles. The van der Waals surface area contributed by atoms with Crippen molar-refractivity contribution < 1.29 is 9.59 Å². The van der Waals surface area contributed by atoms with Crippen molar-refractivity contribution in [2.75, 3.05) is 5.75 Å². The van der Waals surface area contributed by atoms with E-state index in [1.165, 1.54) is 0 Å². The Balaban J connectivity index is 1.44. The Labute approximate surface area is 191 Å². The van der Waals surface area contributed by atoms with Gasteiger partial charge in [-0.1, -0.05) is 66.2 Å². The third-order valence-corrected chi connectivity index (χ3v) is 6.85. The summed E-state index contributed by atoms with van der Waals surface area (Å²) >= 11 is 7.58. The SMILES string of the molecule is C[C@H](NC(=O)c1ccc([C@H]2SCC(=O)N2Cc2ccc(Cl)cc2)cc1)c1ccccc1. The second-order valence-corrected chi connectivity index (χ2v) is 9.04. The van der Waals surface area contributed by atoms with E-state index in [1.807, 2.05) is 90.7 Å². The first kappa shape index (κ1) is 21.5. The summed E-state index contributed by atoms with van der Waals surface area (Å²) in [6.07, 6.45) is 0. The van der Waals surface area contributed by atoms with E-state index in [4.69, 9.17) is 11.6 Å². The second-order valence-electron chi connectivity index (χ2n) is 7.54. The number of nitrogens with zero attached hydrogens (tertiary/aromatic N) is 1. The number of thioether (sulfide) groups is 1.